The van der Waals surface area contributed by atoms with Gasteiger partial charge in [-0.05, 0) is 53.2 Å². The third-order valence-electron chi connectivity index (χ3n) is 2.79. The van der Waals surface area contributed by atoms with E-state index >= 15 is 0 Å². The second-order valence-electron chi connectivity index (χ2n) is 4.28. The molecule has 0 bridgehead atoms. The molecule has 3 nitrogen and oxygen atoms in total. The van der Waals surface area contributed by atoms with Gasteiger partial charge in [-0.3, -0.25) is 9.78 Å². The zero-order valence-corrected chi connectivity index (χ0v) is 12.4. The van der Waals surface area contributed by atoms with Crippen LogP contribution in [0.1, 0.15) is 21.6 Å². The fraction of sp³-hybridized carbons (Fsp3) is 0.143. The van der Waals surface area contributed by atoms with Gasteiger partial charge in [0.25, 0.3) is 5.91 Å². The number of benzene rings is 1. The van der Waals surface area contributed by atoms with Crippen molar-refractivity contribution in [2.75, 3.05) is 5.32 Å². The Morgan fingerprint density at radius 2 is 2.00 bits per heavy atom. The first-order valence-corrected chi connectivity index (χ1v) is 6.68. The Morgan fingerprint density at radius 1 is 1.29 bits per heavy atom. The van der Waals surface area contributed by atoms with Gasteiger partial charge in [0.2, 0.25) is 0 Å². The van der Waals surface area contributed by atoms with Gasteiger partial charge in [0.15, 0.2) is 0 Å². The molecule has 0 spiro atoms. The monoisotopic (exact) mass is 358 g/mol. The molecule has 0 saturated heterocycles. The van der Waals surface area contributed by atoms with Crippen LogP contribution in [0.4, 0.5) is 18.9 Å². The minimum atomic E-state index is -4.47. The summed E-state index contributed by atoms with van der Waals surface area (Å²) in [5.74, 6) is -0.513. The van der Waals surface area contributed by atoms with Gasteiger partial charge in [0.05, 0.1) is 16.8 Å². The highest BCUT2D eigenvalue weighted by atomic mass is 79.9. The van der Waals surface area contributed by atoms with Crippen molar-refractivity contribution >= 4 is 27.5 Å². The van der Waals surface area contributed by atoms with E-state index in [0.29, 0.717) is 15.7 Å². The summed E-state index contributed by atoms with van der Waals surface area (Å²) in [5.41, 5.74) is 0.0295. The first kappa shape index (κ1) is 15.5. The van der Waals surface area contributed by atoms with E-state index in [0.717, 1.165) is 12.1 Å². The zero-order chi connectivity index (χ0) is 15.6. The van der Waals surface area contributed by atoms with E-state index in [1.807, 2.05) is 0 Å². The molecule has 2 aromatic rings. The summed E-state index contributed by atoms with van der Waals surface area (Å²) in [6.45, 7) is 1.65. The summed E-state index contributed by atoms with van der Waals surface area (Å²) in [6.07, 6.45) is -2.93. The van der Waals surface area contributed by atoms with E-state index in [9.17, 15) is 18.0 Å². The van der Waals surface area contributed by atoms with E-state index in [2.05, 4.69) is 26.2 Å². The highest BCUT2D eigenvalue weighted by Crippen LogP contribution is 2.34. The lowest BCUT2D eigenvalue weighted by Gasteiger charge is -2.12. The number of hydrogen-bond donors (Lipinski definition) is 1. The van der Waals surface area contributed by atoms with Crippen LogP contribution in [-0.2, 0) is 6.18 Å². The highest BCUT2D eigenvalue weighted by molar-refractivity contribution is 9.10. The minimum Gasteiger partial charge on any atom is -0.321 e. The predicted octanol–water partition coefficient (Wildman–Crippen LogP) is 4.42. The first-order chi connectivity index (χ1) is 9.79. The maximum Gasteiger partial charge on any atom is 0.416 e. The van der Waals surface area contributed by atoms with Crippen LogP contribution in [0.5, 0.6) is 0 Å². The Labute approximate surface area is 127 Å². The molecular weight excluding hydrogens is 349 g/mol. The van der Waals surface area contributed by atoms with Crippen molar-refractivity contribution in [2.24, 2.45) is 0 Å². The molecule has 0 unspecified atom stereocenters. The number of rotatable bonds is 2. The molecular formula is C14H10BrF3N2O. The lowest BCUT2D eigenvalue weighted by molar-refractivity contribution is -0.137. The van der Waals surface area contributed by atoms with Gasteiger partial charge in [-0.25, -0.2) is 0 Å². The van der Waals surface area contributed by atoms with Crippen LogP contribution < -0.4 is 5.32 Å². The lowest BCUT2D eigenvalue weighted by Crippen LogP contribution is -2.15. The number of carbonyl (C=O) groups excluding carboxylic acids is 1. The van der Waals surface area contributed by atoms with Gasteiger partial charge in [0, 0.05) is 16.4 Å². The molecule has 1 N–H and O–H groups in total. The Morgan fingerprint density at radius 3 is 2.62 bits per heavy atom. The van der Waals surface area contributed by atoms with Crippen molar-refractivity contribution < 1.29 is 18.0 Å². The van der Waals surface area contributed by atoms with E-state index in [-0.39, 0.29) is 5.69 Å². The van der Waals surface area contributed by atoms with Gasteiger partial charge in [0.1, 0.15) is 0 Å². The topological polar surface area (TPSA) is 42.0 Å². The number of hydrogen-bond acceptors (Lipinski definition) is 2. The van der Waals surface area contributed by atoms with Gasteiger partial charge >= 0.3 is 6.18 Å². The van der Waals surface area contributed by atoms with Crippen LogP contribution in [0, 0.1) is 6.92 Å². The number of nitrogens with one attached hydrogen (secondary N) is 1. The molecule has 110 valence electrons. The van der Waals surface area contributed by atoms with Crippen LogP contribution in [0.3, 0.4) is 0 Å². The van der Waals surface area contributed by atoms with E-state index in [1.165, 1.54) is 12.3 Å². The van der Waals surface area contributed by atoms with E-state index in [1.54, 1.807) is 19.1 Å². The van der Waals surface area contributed by atoms with Crippen molar-refractivity contribution in [3.8, 4) is 0 Å². The summed E-state index contributed by atoms with van der Waals surface area (Å²) in [7, 11) is 0. The van der Waals surface area contributed by atoms with Gasteiger partial charge in [-0.15, -0.1) is 0 Å². The van der Waals surface area contributed by atoms with Gasteiger partial charge < -0.3 is 5.32 Å². The second-order valence-corrected chi connectivity index (χ2v) is 5.14. The number of alkyl halides is 3. The maximum absolute atomic E-state index is 12.7. The predicted molar refractivity (Wildman–Crippen MR) is 76.1 cm³/mol. The molecule has 0 saturated carbocycles. The number of aryl methyl sites for hydroxylation is 1. The third-order valence-corrected chi connectivity index (χ3v) is 3.48. The van der Waals surface area contributed by atoms with Crippen LogP contribution in [0.15, 0.2) is 41.0 Å². The lowest BCUT2D eigenvalue weighted by atomic mass is 10.1. The molecule has 21 heavy (non-hydrogen) atoms. The molecule has 7 heteroatoms. The maximum atomic E-state index is 12.7. The van der Waals surface area contributed by atoms with Crippen LogP contribution in [-0.4, -0.2) is 10.9 Å². The summed E-state index contributed by atoms with van der Waals surface area (Å²) in [4.78, 5) is 16.1. The number of amides is 1. The Bertz CT molecular complexity index is 686. The highest BCUT2D eigenvalue weighted by Gasteiger charge is 2.31. The molecule has 0 fully saturated rings. The molecule has 0 aliphatic rings. The number of nitrogens with zero attached hydrogens (tertiary/aromatic N) is 1. The van der Waals surface area contributed by atoms with Crippen molar-refractivity contribution in [3.63, 3.8) is 0 Å². The zero-order valence-electron chi connectivity index (χ0n) is 10.8. The molecule has 1 amide bonds. The fourth-order valence-electron chi connectivity index (χ4n) is 1.71. The largest absolute Gasteiger partial charge is 0.416 e. The van der Waals surface area contributed by atoms with E-state index in [4.69, 9.17) is 0 Å². The minimum absolute atomic E-state index is 0.0538. The number of aromatic nitrogens is 1. The van der Waals surface area contributed by atoms with Gasteiger partial charge in [-0.1, -0.05) is 0 Å². The first-order valence-electron chi connectivity index (χ1n) is 5.89. The van der Waals surface area contributed by atoms with E-state index < -0.39 is 17.6 Å². The van der Waals surface area contributed by atoms with Crippen LogP contribution in [0.25, 0.3) is 0 Å². The quantitative estimate of drug-likeness (QED) is 0.862. The fourth-order valence-corrected chi connectivity index (χ4v) is 2.06. The number of halogens is 4. The van der Waals surface area contributed by atoms with Crippen molar-refractivity contribution in [2.45, 2.75) is 13.1 Å². The van der Waals surface area contributed by atoms with Crippen LogP contribution in [0.2, 0.25) is 0 Å². The molecule has 0 aliphatic carbocycles. The molecule has 1 aromatic heterocycles. The molecule has 0 atom stereocenters. The SMILES string of the molecule is Cc1ncccc1C(=O)Nc1cc(C(F)(F)F)ccc1Br. The van der Waals surface area contributed by atoms with Crippen molar-refractivity contribution in [1.29, 1.82) is 0 Å². The number of anilines is 1. The molecule has 1 aromatic carbocycles. The van der Waals surface area contributed by atoms with Gasteiger partial charge in [-0.2, -0.15) is 13.2 Å². The molecule has 0 radical (unpaired) electrons. The molecule has 1 heterocycles. The third kappa shape index (κ3) is 3.60. The van der Waals surface area contributed by atoms with Crippen molar-refractivity contribution in [1.82, 2.24) is 4.98 Å². The number of pyridine rings is 1. The standard InChI is InChI=1S/C14H10BrF3N2O/c1-8-10(3-2-6-19-8)13(21)20-12-7-9(14(16,17)18)4-5-11(12)15/h2-7H,1H3,(H,20,21). The summed E-state index contributed by atoms with van der Waals surface area (Å²) >= 11 is 3.12. The smallest absolute Gasteiger partial charge is 0.321 e. The Balaban J connectivity index is 2.31. The summed E-state index contributed by atoms with van der Waals surface area (Å²) in [6, 6.07) is 6.21. The summed E-state index contributed by atoms with van der Waals surface area (Å²) < 4.78 is 38.4. The van der Waals surface area contributed by atoms with Crippen LogP contribution >= 0.6 is 15.9 Å². The molecule has 0 aliphatic heterocycles. The average molecular weight is 359 g/mol. The number of carbonyl (C=O) groups is 1. The summed E-state index contributed by atoms with van der Waals surface area (Å²) in [5, 5.41) is 2.45. The Kier molecular flexibility index (Phi) is 4.32. The Hall–Kier alpha value is -1.89. The normalized spacial score (nSPS) is 11.3. The second kappa shape index (κ2) is 5.85. The van der Waals surface area contributed by atoms with Crippen molar-refractivity contribution in [3.05, 3.63) is 57.8 Å². The molecule has 2 rings (SSSR count). The average Bonchev–Trinajstić information content (AvgIpc) is 2.40.